The van der Waals surface area contributed by atoms with Crippen molar-refractivity contribution in [1.29, 1.82) is 0 Å². The molecule has 1 aliphatic carbocycles. The summed E-state index contributed by atoms with van der Waals surface area (Å²) in [5.41, 5.74) is 2.44. The Labute approximate surface area is 103 Å². The third kappa shape index (κ3) is 2.87. The van der Waals surface area contributed by atoms with Crippen LogP contribution in [0.15, 0.2) is 18.2 Å². The van der Waals surface area contributed by atoms with Crippen LogP contribution in [-0.4, -0.2) is 12.9 Å². The Balaban J connectivity index is 2.30. The van der Waals surface area contributed by atoms with Crippen LogP contribution in [0, 0.1) is 6.92 Å². The van der Waals surface area contributed by atoms with Crippen molar-refractivity contribution in [1.82, 2.24) is 0 Å². The number of carbonyl (C=O) groups is 1. The zero-order valence-electron chi connectivity index (χ0n) is 10.7. The fourth-order valence-electron chi connectivity index (χ4n) is 2.63. The molecule has 1 unspecified atom stereocenters. The van der Waals surface area contributed by atoms with E-state index in [2.05, 4.69) is 19.1 Å². The van der Waals surface area contributed by atoms with Gasteiger partial charge in [-0.05, 0) is 37.3 Å². The molecular formula is C15H20O2. The van der Waals surface area contributed by atoms with Crippen molar-refractivity contribution in [2.45, 2.75) is 44.9 Å². The molecule has 0 saturated heterocycles. The van der Waals surface area contributed by atoms with Gasteiger partial charge in [-0.1, -0.05) is 24.1 Å². The summed E-state index contributed by atoms with van der Waals surface area (Å²) in [4.78, 5) is 11.7. The Morgan fingerprint density at radius 1 is 1.29 bits per heavy atom. The molecular weight excluding hydrogens is 212 g/mol. The predicted octanol–water partition coefficient (Wildman–Crippen LogP) is 3.62. The normalized spacial score (nSPS) is 21.1. The molecule has 1 aromatic rings. The van der Waals surface area contributed by atoms with Gasteiger partial charge in [0.05, 0.1) is 7.11 Å². The second kappa shape index (κ2) is 5.35. The molecule has 92 valence electrons. The first-order valence-corrected chi connectivity index (χ1v) is 6.37. The van der Waals surface area contributed by atoms with Crippen LogP contribution in [0.1, 0.15) is 49.1 Å². The third-order valence-electron chi connectivity index (χ3n) is 3.56. The van der Waals surface area contributed by atoms with Gasteiger partial charge in [0.2, 0.25) is 0 Å². The van der Waals surface area contributed by atoms with E-state index in [9.17, 15) is 4.79 Å². The Morgan fingerprint density at radius 3 is 2.88 bits per heavy atom. The SMILES string of the molecule is COc1ccc(C)cc1C1CCCCC(=O)C1. The number of aryl methyl sites for hydroxylation is 1. The van der Waals surface area contributed by atoms with E-state index in [1.165, 1.54) is 11.1 Å². The maximum absolute atomic E-state index is 11.7. The number of methoxy groups -OCH3 is 1. The topological polar surface area (TPSA) is 26.3 Å². The molecule has 2 nitrogen and oxygen atoms in total. The molecule has 17 heavy (non-hydrogen) atoms. The molecule has 2 rings (SSSR count). The lowest BCUT2D eigenvalue weighted by atomic mass is 9.90. The highest BCUT2D eigenvalue weighted by Gasteiger charge is 2.22. The van der Waals surface area contributed by atoms with Gasteiger partial charge < -0.3 is 4.74 Å². The van der Waals surface area contributed by atoms with E-state index in [4.69, 9.17) is 4.74 Å². The van der Waals surface area contributed by atoms with Gasteiger partial charge in [0, 0.05) is 12.8 Å². The first-order valence-electron chi connectivity index (χ1n) is 6.37. The number of rotatable bonds is 2. The van der Waals surface area contributed by atoms with Crippen LogP contribution in [0.5, 0.6) is 5.75 Å². The highest BCUT2D eigenvalue weighted by molar-refractivity contribution is 5.79. The molecule has 1 aromatic carbocycles. The molecule has 0 bridgehead atoms. The molecule has 0 radical (unpaired) electrons. The standard InChI is InChI=1S/C15H20O2/c1-11-7-8-15(17-2)14(9-11)12-5-3-4-6-13(16)10-12/h7-9,12H,3-6,10H2,1-2H3. The zero-order valence-corrected chi connectivity index (χ0v) is 10.7. The smallest absolute Gasteiger partial charge is 0.133 e. The van der Waals surface area contributed by atoms with Gasteiger partial charge in [0.15, 0.2) is 0 Å². The van der Waals surface area contributed by atoms with Gasteiger partial charge in [-0.3, -0.25) is 4.79 Å². The number of hydrogen-bond acceptors (Lipinski definition) is 2. The number of ether oxygens (including phenoxy) is 1. The first kappa shape index (κ1) is 12.2. The van der Waals surface area contributed by atoms with Crippen molar-refractivity contribution in [3.05, 3.63) is 29.3 Å². The Kier molecular flexibility index (Phi) is 3.82. The molecule has 0 spiro atoms. The second-order valence-corrected chi connectivity index (χ2v) is 4.93. The molecule has 0 aliphatic heterocycles. The monoisotopic (exact) mass is 232 g/mol. The summed E-state index contributed by atoms with van der Waals surface area (Å²) >= 11 is 0. The molecule has 0 N–H and O–H groups in total. The van der Waals surface area contributed by atoms with Crippen LogP contribution in [0.4, 0.5) is 0 Å². The van der Waals surface area contributed by atoms with Gasteiger partial charge in [-0.25, -0.2) is 0 Å². The van der Waals surface area contributed by atoms with Crippen LogP contribution < -0.4 is 4.74 Å². The Bertz CT molecular complexity index is 409. The van der Waals surface area contributed by atoms with Crippen LogP contribution in [0.25, 0.3) is 0 Å². The average molecular weight is 232 g/mol. The van der Waals surface area contributed by atoms with Crippen molar-refractivity contribution in [2.75, 3.05) is 7.11 Å². The summed E-state index contributed by atoms with van der Waals surface area (Å²) in [5, 5.41) is 0. The van der Waals surface area contributed by atoms with Crippen LogP contribution >= 0.6 is 0 Å². The summed E-state index contributed by atoms with van der Waals surface area (Å²) in [7, 11) is 1.70. The first-order chi connectivity index (χ1) is 8.20. The zero-order chi connectivity index (χ0) is 12.3. The van der Waals surface area contributed by atoms with Gasteiger partial charge >= 0.3 is 0 Å². The van der Waals surface area contributed by atoms with Gasteiger partial charge in [-0.15, -0.1) is 0 Å². The third-order valence-corrected chi connectivity index (χ3v) is 3.56. The second-order valence-electron chi connectivity index (χ2n) is 4.93. The number of benzene rings is 1. The lowest BCUT2D eigenvalue weighted by Crippen LogP contribution is -2.05. The van der Waals surface area contributed by atoms with Gasteiger partial charge in [0.25, 0.3) is 0 Å². The van der Waals surface area contributed by atoms with Crippen molar-refractivity contribution in [3.8, 4) is 5.75 Å². The quantitative estimate of drug-likeness (QED) is 0.728. The van der Waals surface area contributed by atoms with E-state index in [0.29, 0.717) is 18.1 Å². The number of carbonyl (C=O) groups excluding carboxylic acids is 1. The summed E-state index contributed by atoms with van der Waals surface area (Å²) in [6, 6.07) is 6.24. The van der Waals surface area contributed by atoms with Crippen LogP contribution in [0.3, 0.4) is 0 Å². The molecule has 1 saturated carbocycles. The minimum absolute atomic E-state index is 0.347. The maximum Gasteiger partial charge on any atom is 0.133 e. The van der Waals surface area contributed by atoms with Gasteiger partial charge in [-0.2, -0.15) is 0 Å². The predicted molar refractivity (Wildman–Crippen MR) is 68.6 cm³/mol. The highest BCUT2D eigenvalue weighted by Crippen LogP contribution is 2.35. The molecule has 0 aromatic heterocycles. The van der Waals surface area contributed by atoms with Crippen molar-refractivity contribution < 1.29 is 9.53 Å². The molecule has 0 amide bonds. The fourth-order valence-corrected chi connectivity index (χ4v) is 2.63. The molecule has 2 heteroatoms. The number of ketones is 1. The number of hydrogen-bond donors (Lipinski definition) is 0. The van der Waals surface area contributed by atoms with Gasteiger partial charge in [0.1, 0.15) is 11.5 Å². The maximum atomic E-state index is 11.7. The lowest BCUT2D eigenvalue weighted by molar-refractivity contribution is -0.119. The van der Waals surface area contributed by atoms with Crippen molar-refractivity contribution >= 4 is 5.78 Å². The Hall–Kier alpha value is -1.31. The summed E-state index contributed by atoms with van der Waals surface area (Å²) in [5.74, 6) is 1.67. The van der Waals surface area contributed by atoms with E-state index in [0.717, 1.165) is 31.4 Å². The summed E-state index contributed by atoms with van der Waals surface area (Å²) in [6.45, 7) is 2.08. The lowest BCUT2D eigenvalue weighted by Gasteiger charge is -2.18. The highest BCUT2D eigenvalue weighted by atomic mass is 16.5. The van der Waals surface area contributed by atoms with Crippen LogP contribution in [-0.2, 0) is 4.79 Å². The largest absolute Gasteiger partial charge is 0.496 e. The summed E-state index contributed by atoms with van der Waals surface area (Å²) in [6.07, 6.45) is 4.73. The molecule has 1 aliphatic rings. The van der Waals surface area contributed by atoms with Crippen LogP contribution in [0.2, 0.25) is 0 Å². The molecule has 1 atom stereocenters. The summed E-state index contributed by atoms with van der Waals surface area (Å²) < 4.78 is 5.42. The van der Waals surface area contributed by atoms with E-state index < -0.39 is 0 Å². The minimum Gasteiger partial charge on any atom is -0.496 e. The average Bonchev–Trinajstić information content (AvgIpc) is 2.54. The van der Waals surface area contributed by atoms with E-state index >= 15 is 0 Å². The van der Waals surface area contributed by atoms with Crippen molar-refractivity contribution in [3.63, 3.8) is 0 Å². The fraction of sp³-hybridized carbons (Fsp3) is 0.533. The number of Topliss-reactive ketones (excluding diaryl/α,β-unsaturated/α-hetero) is 1. The van der Waals surface area contributed by atoms with E-state index in [-0.39, 0.29) is 0 Å². The molecule has 0 heterocycles. The van der Waals surface area contributed by atoms with E-state index in [1.807, 2.05) is 6.07 Å². The minimum atomic E-state index is 0.347. The van der Waals surface area contributed by atoms with E-state index in [1.54, 1.807) is 7.11 Å². The Morgan fingerprint density at radius 2 is 2.12 bits per heavy atom. The molecule has 1 fully saturated rings. The van der Waals surface area contributed by atoms with Crippen molar-refractivity contribution in [2.24, 2.45) is 0 Å².